The van der Waals surface area contributed by atoms with Crippen molar-refractivity contribution in [2.24, 2.45) is 0 Å². The molecule has 1 unspecified atom stereocenters. The predicted octanol–water partition coefficient (Wildman–Crippen LogP) is 2.36. The van der Waals surface area contributed by atoms with Gasteiger partial charge in [-0.3, -0.25) is 9.69 Å². The van der Waals surface area contributed by atoms with Crippen LogP contribution >= 0.6 is 0 Å². The van der Waals surface area contributed by atoms with Crippen LogP contribution in [0.2, 0.25) is 0 Å². The van der Waals surface area contributed by atoms with E-state index in [9.17, 15) is 9.18 Å². The van der Waals surface area contributed by atoms with Crippen LogP contribution in [0.5, 0.6) is 0 Å². The number of aryl methyl sites for hydroxylation is 2. The number of nitrogens with zero attached hydrogens (tertiary/aromatic N) is 5. The molecule has 2 aliphatic rings. The van der Waals surface area contributed by atoms with Crippen molar-refractivity contribution in [2.45, 2.75) is 38.6 Å². The number of aromatic nitrogens is 2. The van der Waals surface area contributed by atoms with Gasteiger partial charge in [0.15, 0.2) is 0 Å². The second kappa shape index (κ2) is 9.22. The third-order valence-corrected chi connectivity index (χ3v) is 6.22. The maximum atomic E-state index is 13.4. The van der Waals surface area contributed by atoms with Gasteiger partial charge in [-0.15, -0.1) is 0 Å². The number of piperidine rings is 1. The normalized spacial score (nSPS) is 21.2. The van der Waals surface area contributed by atoms with E-state index in [0.29, 0.717) is 41.7 Å². The van der Waals surface area contributed by atoms with Crippen molar-refractivity contribution in [3.05, 3.63) is 35.5 Å². The zero-order valence-corrected chi connectivity index (χ0v) is 17.8. The fraction of sp³-hybridized carbons (Fsp3) is 0.591. The zero-order chi connectivity index (χ0) is 21.1. The van der Waals surface area contributed by atoms with Gasteiger partial charge in [-0.05, 0) is 57.1 Å². The van der Waals surface area contributed by atoms with Crippen LogP contribution in [0.25, 0.3) is 11.4 Å². The Hall–Kier alpha value is -2.32. The molecule has 3 heterocycles. The fourth-order valence-corrected chi connectivity index (χ4v) is 4.40. The van der Waals surface area contributed by atoms with Gasteiger partial charge in [-0.2, -0.15) is 4.98 Å². The molecule has 2 aromatic rings. The summed E-state index contributed by atoms with van der Waals surface area (Å²) in [5.74, 6) is 0.729. The first-order valence-electron chi connectivity index (χ1n) is 10.8. The quantitative estimate of drug-likeness (QED) is 0.747. The zero-order valence-electron chi connectivity index (χ0n) is 17.8. The molecule has 30 heavy (non-hydrogen) atoms. The lowest BCUT2D eigenvalue weighted by Gasteiger charge is -2.42. The Bertz CT molecular complexity index is 878. The number of likely N-dealkylation sites (N-methyl/N-ethyl adjacent to an activating group) is 1. The molecule has 1 amide bonds. The summed E-state index contributed by atoms with van der Waals surface area (Å²) in [5.41, 5.74) is 1.24. The van der Waals surface area contributed by atoms with Crippen molar-refractivity contribution in [3.63, 3.8) is 0 Å². The molecule has 0 aliphatic carbocycles. The molecule has 162 valence electrons. The number of amides is 1. The van der Waals surface area contributed by atoms with E-state index < -0.39 is 0 Å². The van der Waals surface area contributed by atoms with Gasteiger partial charge in [0, 0.05) is 57.2 Å². The molecular formula is C22H30FN5O2. The van der Waals surface area contributed by atoms with E-state index in [4.69, 9.17) is 4.52 Å². The number of hydrogen-bond acceptors (Lipinski definition) is 6. The lowest BCUT2D eigenvalue weighted by Crippen LogP contribution is -2.55. The molecule has 1 atom stereocenters. The maximum absolute atomic E-state index is 13.4. The van der Waals surface area contributed by atoms with E-state index in [-0.39, 0.29) is 11.7 Å². The van der Waals surface area contributed by atoms with Gasteiger partial charge in [0.25, 0.3) is 0 Å². The van der Waals surface area contributed by atoms with E-state index in [2.05, 4.69) is 27.0 Å². The molecular weight excluding hydrogens is 385 g/mol. The summed E-state index contributed by atoms with van der Waals surface area (Å²) >= 11 is 0. The molecule has 0 saturated carbocycles. The van der Waals surface area contributed by atoms with E-state index in [1.165, 1.54) is 25.5 Å². The largest absolute Gasteiger partial charge is 0.340 e. The lowest BCUT2D eigenvalue weighted by atomic mass is 10.0. The Morgan fingerprint density at radius 3 is 2.77 bits per heavy atom. The number of rotatable bonds is 5. The highest BCUT2D eigenvalue weighted by Crippen LogP contribution is 2.20. The minimum absolute atomic E-state index is 0.132. The standard InChI is InChI=1S/C22H30FN5O2/c1-16-14-17(5-6-19(16)23)22-24-20(30-25-22)7-8-21(29)28-12-10-27(11-13-28)18-4-3-9-26(2)15-18/h5-6,14,18H,3-4,7-13,15H2,1-2H3. The molecule has 2 fully saturated rings. The summed E-state index contributed by atoms with van der Waals surface area (Å²) in [4.78, 5) is 23.9. The van der Waals surface area contributed by atoms with E-state index in [1.54, 1.807) is 19.1 Å². The Kier molecular flexibility index (Phi) is 6.43. The van der Waals surface area contributed by atoms with Crippen LogP contribution in [0, 0.1) is 12.7 Å². The highest BCUT2D eigenvalue weighted by Gasteiger charge is 2.28. The Morgan fingerprint density at radius 2 is 2.03 bits per heavy atom. The first kappa shape index (κ1) is 20.9. The highest BCUT2D eigenvalue weighted by atomic mass is 19.1. The van der Waals surface area contributed by atoms with E-state index >= 15 is 0 Å². The van der Waals surface area contributed by atoms with Gasteiger partial charge in [0.1, 0.15) is 5.82 Å². The van der Waals surface area contributed by atoms with Gasteiger partial charge in [-0.1, -0.05) is 5.16 Å². The van der Waals surface area contributed by atoms with Crippen LogP contribution in [0.4, 0.5) is 4.39 Å². The average molecular weight is 416 g/mol. The van der Waals surface area contributed by atoms with Crippen LogP contribution in [0.1, 0.15) is 30.7 Å². The second-order valence-corrected chi connectivity index (χ2v) is 8.45. The summed E-state index contributed by atoms with van der Waals surface area (Å²) < 4.78 is 18.7. The van der Waals surface area contributed by atoms with Crippen molar-refractivity contribution < 1.29 is 13.7 Å². The molecule has 2 aliphatic heterocycles. The summed E-state index contributed by atoms with van der Waals surface area (Å²) in [5, 5.41) is 3.97. The van der Waals surface area contributed by atoms with Crippen molar-refractivity contribution in [1.29, 1.82) is 0 Å². The number of piperazine rings is 1. The van der Waals surface area contributed by atoms with Crippen molar-refractivity contribution >= 4 is 5.91 Å². The summed E-state index contributed by atoms with van der Waals surface area (Å²) in [7, 11) is 2.19. The third-order valence-electron chi connectivity index (χ3n) is 6.22. The third kappa shape index (κ3) is 4.87. The first-order valence-corrected chi connectivity index (χ1v) is 10.8. The van der Waals surface area contributed by atoms with Crippen LogP contribution in [-0.2, 0) is 11.2 Å². The van der Waals surface area contributed by atoms with E-state index in [1.807, 2.05) is 4.90 Å². The monoisotopic (exact) mass is 415 g/mol. The Morgan fingerprint density at radius 1 is 1.23 bits per heavy atom. The van der Waals surface area contributed by atoms with Crippen molar-refractivity contribution in [2.75, 3.05) is 46.3 Å². The molecule has 4 rings (SSSR count). The number of halogens is 1. The SMILES string of the molecule is Cc1cc(-c2noc(CCC(=O)N3CCN(C4CCCN(C)C4)CC3)n2)ccc1F. The summed E-state index contributed by atoms with van der Waals surface area (Å²) in [6, 6.07) is 5.34. The molecule has 0 radical (unpaired) electrons. The van der Waals surface area contributed by atoms with Crippen molar-refractivity contribution in [1.82, 2.24) is 24.8 Å². The molecule has 7 nitrogen and oxygen atoms in total. The van der Waals surface area contributed by atoms with Gasteiger partial charge < -0.3 is 14.3 Å². The number of carbonyl (C=O) groups is 1. The molecule has 8 heteroatoms. The van der Waals surface area contributed by atoms with Gasteiger partial charge in [0.2, 0.25) is 17.6 Å². The smallest absolute Gasteiger partial charge is 0.227 e. The molecule has 2 saturated heterocycles. The molecule has 0 N–H and O–H groups in total. The fourth-order valence-electron chi connectivity index (χ4n) is 4.40. The lowest BCUT2D eigenvalue weighted by molar-refractivity contribution is -0.133. The molecule has 0 bridgehead atoms. The number of carbonyl (C=O) groups excluding carboxylic acids is 1. The second-order valence-electron chi connectivity index (χ2n) is 8.45. The molecule has 1 aromatic heterocycles. The predicted molar refractivity (Wildman–Crippen MR) is 111 cm³/mol. The van der Waals surface area contributed by atoms with Gasteiger partial charge in [0.05, 0.1) is 0 Å². The van der Waals surface area contributed by atoms with Crippen molar-refractivity contribution in [3.8, 4) is 11.4 Å². The van der Waals surface area contributed by atoms with Crippen LogP contribution in [0.3, 0.4) is 0 Å². The first-order chi connectivity index (χ1) is 14.5. The summed E-state index contributed by atoms with van der Waals surface area (Å²) in [6.07, 6.45) is 3.28. The Balaban J connectivity index is 1.25. The van der Waals surface area contributed by atoms with Gasteiger partial charge >= 0.3 is 0 Å². The number of likely N-dealkylation sites (tertiary alicyclic amines) is 1. The van der Waals surface area contributed by atoms with Gasteiger partial charge in [-0.25, -0.2) is 4.39 Å². The van der Waals surface area contributed by atoms with Crippen LogP contribution in [0.15, 0.2) is 22.7 Å². The van der Waals surface area contributed by atoms with Crippen LogP contribution in [-0.4, -0.2) is 83.1 Å². The Labute approximate surface area is 176 Å². The summed E-state index contributed by atoms with van der Waals surface area (Å²) in [6.45, 7) is 7.46. The molecule has 0 spiro atoms. The van der Waals surface area contributed by atoms with Crippen LogP contribution < -0.4 is 0 Å². The number of hydrogen-bond donors (Lipinski definition) is 0. The topological polar surface area (TPSA) is 65.7 Å². The van der Waals surface area contributed by atoms with E-state index in [0.717, 1.165) is 32.7 Å². The highest BCUT2D eigenvalue weighted by molar-refractivity contribution is 5.76. The minimum atomic E-state index is -0.260. The number of benzene rings is 1. The molecule has 1 aromatic carbocycles. The maximum Gasteiger partial charge on any atom is 0.227 e. The average Bonchev–Trinajstić information content (AvgIpc) is 3.23. The minimum Gasteiger partial charge on any atom is -0.340 e.